The van der Waals surface area contributed by atoms with Gasteiger partial charge in [-0.3, -0.25) is 4.98 Å². The maximum atomic E-state index is 5.37. The molecule has 102 valence electrons. The Bertz CT molecular complexity index is 525. The third-order valence-electron chi connectivity index (χ3n) is 3.04. The molecule has 0 unspecified atom stereocenters. The zero-order chi connectivity index (χ0) is 13.5. The van der Waals surface area contributed by atoms with Crippen molar-refractivity contribution in [1.29, 1.82) is 0 Å². The molecule has 3 nitrogen and oxygen atoms in total. The third-order valence-corrected chi connectivity index (χ3v) is 3.04. The first kappa shape index (κ1) is 13.8. The average molecular weight is 258 g/mol. The molecule has 3 heteroatoms. The number of hydrogen-bond donors (Lipinski definition) is 1. The van der Waals surface area contributed by atoms with Gasteiger partial charge in [-0.15, -0.1) is 0 Å². The predicted molar refractivity (Wildman–Crippen MR) is 80.7 cm³/mol. The van der Waals surface area contributed by atoms with Crippen LogP contribution in [0.3, 0.4) is 0 Å². The molecule has 2 aromatic rings. The zero-order valence-corrected chi connectivity index (χ0v) is 11.8. The van der Waals surface area contributed by atoms with E-state index < -0.39 is 0 Å². The average Bonchev–Trinajstić information content (AvgIpc) is 2.44. The quantitative estimate of drug-likeness (QED) is 0.770. The highest BCUT2D eigenvalue weighted by atomic mass is 16.5. The lowest BCUT2D eigenvalue weighted by Crippen LogP contribution is -2.10. The molecule has 2 rings (SSSR count). The highest BCUT2D eigenvalue weighted by molar-refractivity contribution is 5.91. The van der Waals surface area contributed by atoms with Crippen molar-refractivity contribution < 1.29 is 4.74 Å². The van der Waals surface area contributed by atoms with Crippen LogP contribution >= 0.6 is 0 Å². The van der Waals surface area contributed by atoms with E-state index in [2.05, 4.69) is 36.5 Å². The Morgan fingerprint density at radius 2 is 2.05 bits per heavy atom. The van der Waals surface area contributed by atoms with E-state index in [-0.39, 0.29) is 0 Å². The Labute approximate surface area is 115 Å². The van der Waals surface area contributed by atoms with E-state index >= 15 is 0 Å². The number of ether oxygens (including phenoxy) is 1. The molecule has 1 heterocycles. The summed E-state index contributed by atoms with van der Waals surface area (Å²) >= 11 is 0. The fourth-order valence-electron chi connectivity index (χ4n) is 2.16. The molecule has 0 aliphatic carbocycles. The fraction of sp³-hybridized carbons (Fsp3) is 0.438. The Morgan fingerprint density at radius 3 is 2.84 bits per heavy atom. The number of fused-ring (bicyclic) bond motifs is 1. The lowest BCUT2D eigenvalue weighted by Gasteiger charge is -2.11. The molecule has 0 aliphatic rings. The number of pyridine rings is 1. The summed E-state index contributed by atoms with van der Waals surface area (Å²) in [4.78, 5) is 4.70. The first-order chi connectivity index (χ1) is 9.35. The molecule has 0 aliphatic heterocycles. The Balaban J connectivity index is 2.23. The van der Waals surface area contributed by atoms with Crippen LogP contribution in [-0.4, -0.2) is 24.7 Å². The minimum atomic E-state index is 0.732. The van der Waals surface area contributed by atoms with Crippen molar-refractivity contribution >= 4 is 16.6 Å². The molecule has 0 amide bonds. The third kappa shape index (κ3) is 3.67. The van der Waals surface area contributed by atoms with Gasteiger partial charge >= 0.3 is 0 Å². The molecule has 0 bridgehead atoms. The van der Waals surface area contributed by atoms with Crippen molar-refractivity contribution in [1.82, 2.24) is 4.98 Å². The van der Waals surface area contributed by atoms with Crippen LogP contribution in [0.4, 0.5) is 5.69 Å². The van der Waals surface area contributed by atoms with Crippen molar-refractivity contribution in [3.8, 4) is 0 Å². The summed E-state index contributed by atoms with van der Waals surface area (Å²) in [7, 11) is 0. The van der Waals surface area contributed by atoms with Gasteiger partial charge in [0.15, 0.2) is 0 Å². The van der Waals surface area contributed by atoms with Crippen molar-refractivity contribution in [3.05, 3.63) is 36.0 Å². The van der Waals surface area contributed by atoms with Gasteiger partial charge in [-0.2, -0.15) is 0 Å². The van der Waals surface area contributed by atoms with Crippen LogP contribution in [-0.2, 0) is 11.2 Å². The molecule has 0 radical (unpaired) electrons. The number of aryl methyl sites for hydroxylation is 1. The minimum Gasteiger partial charge on any atom is -0.382 e. The Kier molecular flexibility index (Phi) is 5.16. The van der Waals surface area contributed by atoms with E-state index in [9.17, 15) is 0 Å². The van der Waals surface area contributed by atoms with E-state index in [0.29, 0.717) is 0 Å². The van der Waals surface area contributed by atoms with E-state index in [1.54, 1.807) is 0 Å². The van der Waals surface area contributed by atoms with Crippen molar-refractivity contribution in [3.63, 3.8) is 0 Å². The summed E-state index contributed by atoms with van der Waals surface area (Å²) in [6, 6.07) is 10.4. The molecular weight excluding hydrogens is 236 g/mol. The monoisotopic (exact) mass is 258 g/mol. The SMILES string of the molecule is CCCc1cc(NCCOCC)c2ccccc2n1. The Morgan fingerprint density at radius 1 is 1.21 bits per heavy atom. The number of hydrogen-bond acceptors (Lipinski definition) is 3. The van der Waals surface area contributed by atoms with Gasteiger partial charge in [0.1, 0.15) is 0 Å². The van der Waals surface area contributed by atoms with Gasteiger partial charge in [0.25, 0.3) is 0 Å². The molecule has 0 saturated carbocycles. The normalized spacial score (nSPS) is 10.8. The number of aromatic nitrogens is 1. The van der Waals surface area contributed by atoms with E-state index in [4.69, 9.17) is 9.72 Å². The fourth-order valence-corrected chi connectivity index (χ4v) is 2.16. The number of benzene rings is 1. The van der Waals surface area contributed by atoms with Gasteiger partial charge < -0.3 is 10.1 Å². The van der Waals surface area contributed by atoms with Crippen LogP contribution < -0.4 is 5.32 Å². The minimum absolute atomic E-state index is 0.732. The predicted octanol–water partition coefficient (Wildman–Crippen LogP) is 3.64. The Hall–Kier alpha value is -1.61. The highest BCUT2D eigenvalue weighted by Gasteiger charge is 2.04. The van der Waals surface area contributed by atoms with Crippen molar-refractivity contribution in [2.24, 2.45) is 0 Å². The van der Waals surface area contributed by atoms with Crippen molar-refractivity contribution in [2.45, 2.75) is 26.7 Å². The van der Waals surface area contributed by atoms with E-state index in [0.717, 1.165) is 49.5 Å². The largest absolute Gasteiger partial charge is 0.382 e. The molecule has 0 spiro atoms. The second-order valence-electron chi connectivity index (χ2n) is 4.55. The summed E-state index contributed by atoms with van der Waals surface area (Å²) in [5.74, 6) is 0. The van der Waals surface area contributed by atoms with Crippen LogP contribution in [0.15, 0.2) is 30.3 Å². The van der Waals surface area contributed by atoms with Crippen LogP contribution in [0.2, 0.25) is 0 Å². The number of nitrogens with zero attached hydrogens (tertiary/aromatic N) is 1. The first-order valence-corrected chi connectivity index (χ1v) is 7.05. The number of rotatable bonds is 7. The summed E-state index contributed by atoms with van der Waals surface area (Å²) in [6.07, 6.45) is 2.13. The molecule has 19 heavy (non-hydrogen) atoms. The second-order valence-corrected chi connectivity index (χ2v) is 4.55. The maximum absolute atomic E-state index is 5.37. The van der Waals surface area contributed by atoms with Gasteiger partial charge in [0, 0.05) is 29.9 Å². The van der Waals surface area contributed by atoms with Gasteiger partial charge in [0.05, 0.1) is 12.1 Å². The molecule has 1 aromatic carbocycles. The maximum Gasteiger partial charge on any atom is 0.0726 e. The lowest BCUT2D eigenvalue weighted by molar-refractivity contribution is 0.158. The van der Waals surface area contributed by atoms with Crippen LogP contribution in [0.5, 0.6) is 0 Å². The topological polar surface area (TPSA) is 34.1 Å². The summed E-state index contributed by atoms with van der Waals surface area (Å²) in [5.41, 5.74) is 3.38. The molecule has 0 saturated heterocycles. The smallest absolute Gasteiger partial charge is 0.0726 e. The lowest BCUT2D eigenvalue weighted by atomic mass is 10.1. The van der Waals surface area contributed by atoms with Crippen molar-refractivity contribution in [2.75, 3.05) is 25.1 Å². The van der Waals surface area contributed by atoms with E-state index in [1.165, 1.54) is 5.39 Å². The summed E-state index contributed by atoms with van der Waals surface area (Å²) < 4.78 is 5.37. The zero-order valence-electron chi connectivity index (χ0n) is 11.8. The molecule has 0 fully saturated rings. The number of para-hydroxylation sites is 1. The summed E-state index contributed by atoms with van der Waals surface area (Å²) in [5, 5.41) is 4.64. The van der Waals surface area contributed by atoms with E-state index in [1.807, 2.05) is 13.0 Å². The molecule has 1 N–H and O–H groups in total. The molecule has 0 atom stereocenters. The highest BCUT2D eigenvalue weighted by Crippen LogP contribution is 2.23. The second kappa shape index (κ2) is 7.10. The molecular formula is C16H22N2O. The van der Waals surface area contributed by atoms with Gasteiger partial charge in [-0.25, -0.2) is 0 Å². The standard InChI is InChI=1S/C16H22N2O/c1-3-7-13-12-16(17-10-11-19-4-2)14-8-5-6-9-15(14)18-13/h5-6,8-9,12H,3-4,7,10-11H2,1-2H3,(H,17,18). The van der Waals surface area contributed by atoms with Gasteiger partial charge in [-0.05, 0) is 25.5 Å². The number of nitrogens with one attached hydrogen (secondary N) is 1. The van der Waals surface area contributed by atoms with Gasteiger partial charge in [-0.1, -0.05) is 31.5 Å². The van der Waals surface area contributed by atoms with Crippen LogP contribution in [0.1, 0.15) is 26.0 Å². The van der Waals surface area contributed by atoms with Crippen LogP contribution in [0, 0.1) is 0 Å². The number of anilines is 1. The first-order valence-electron chi connectivity index (χ1n) is 7.05. The summed E-state index contributed by atoms with van der Waals surface area (Å²) in [6.45, 7) is 6.52. The molecule has 1 aromatic heterocycles. The van der Waals surface area contributed by atoms with Gasteiger partial charge in [0.2, 0.25) is 0 Å². The van der Waals surface area contributed by atoms with Crippen LogP contribution in [0.25, 0.3) is 10.9 Å².